The highest BCUT2D eigenvalue weighted by atomic mass is 16.2. The van der Waals surface area contributed by atoms with Gasteiger partial charge in [-0.3, -0.25) is 4.79 Å². The van der Waals surface area contributed by atoms with Gasteiger partial charge in [0.1, 0.15) is 5.65 Å². The van der Waals surface area contributed by atoms with E-state index in [1.807, 2.05) is 47.5 Å². The van der Waals surface area contributed by atoms with Crippen LogP contribution in [0.5, 0.6) is 0 Å². The van der Waals surface area contributed by atoms with Crippen LogP contribution in [0.1, 0.15) is 12.1 Å². The van der Waals surface area contributed by atoms with Crippen LogP contribution in [0.3, 0.4) is 0 Å². The predicted octanol–water partition coefficient (Wildman–Crippen LogP) is 2.71. The summed E-state index contributed by atoms with van der Waals surface area (Å²) in [6.07, 6.45) is 3.25. The van der Waals surface area contributed by atoms with Crippen LogP contribution in [0.2, 0.25) is 0 Å². The Morgan fingerprint density at radius 1 is 1.00 bits per heavy atom. The van der Waals surface area contributed by atoms with Gasteiger partial charge in [0.15, 0.2) is 0 Å². The molecule has 1 saturated heterocycles. The number of carbonyl (C=O) groups excluding carboxylic acids is 1. The highest BCUT2D eigenvalue weighted by Crippen LogP contribution is 2.25. The van der Waals surface area contributed by atoms with E-state index >= 15 is 0 Å². The number of piperazine rings is 1. The Kier molecular flexibility index (Phi) is 4.71. The number of hydrogen-bond acceptors (Lipinski definition) is 3. The first-order valence-electron chi connectivity index (χ1n) is 9.20. The first kappa shape index (κ1) is 16.8. The molecule has 5 heteroatoms. The first-order chi connectivity index (χ1) is 12.7. The van der Waals surface area contributed by atoms with E-state index < -0.39 is 0 Å². The van der Waals surface area contributed by atoms with Crippen molar-refractivity contribution < 1.29 is 4.79 Å². The number of nitrogens with zero attached hydrogens (tertiary/aromatic N) is 4. The van der Waals surface area contributed by atoms with Crippen LogP contribution in [0.15, 0.2) is 54.7 Å². The second-order valence-electron chi connectivity index (χ2n) is 6.89. The molecule has 0 aliphatic carbocycles. The molecule has 1 aliphatic heterocycles. The van der Waals surface area contributed by atoms with E-state index in [-0.39, 0.29) is 5.91 Å². The molecule has 26 heavy (non-hydrogen) atoms. The number of pyridine rings is 1. The highest BCUT2D eigenvalue weighted by Gasteiger charge is 2.20. The summed E-state index contributed by atoms with van der Waals surface area (Å²) in [7, 11) is 2.10. The van der Waals surface area contributed by atoms with Crippen molar-refractivity contribution in [3.8, 4) is 11.3 Å². The van der Waals surface area contributed by atoms with Crippen molar-refractivity contribution >= 4 is 11.6 Å². The van der Waals surface area contributed by atoms with Crippen molar-refractivity contribution in [2.45, 2.75) is 12.8 Å². The van der Waals surface area contributed by atoms with Crippen LogP contribution in [0, 0.1) is 0 Å². The van der Waals surface area contributed by atoms with E-state index in [0.717, 1.165) is 48.8 Å². The molecule has 0 N–H and O–H groups in total. The zero-order chi connectivity index (χ0) is 17.9. The van der Waals surface area contributed by atoms with Crippen LogP contribution in [0.4, 0.5) is 0 Å². The normalized spacial score (nSPS) is 15.5. The van der Waals surface area contributed by atoms with Gasteiger partial charge >= 0.3 is 0 Å². The van der Waals surface area contributed by atoms with Gasteiger partial charge in [-0.15, -0.1) is 0 Å². The molecule has 3 heterocycles. The average molecular weight is 348 g/mol. The van der Waals surface area contributed by atoms with Gasteiger partial charge in [0, 0.05) is 44.4 Å². The molecule has 0 saturated carbocycles. The minimum atomic E-state index is 0.239. The SMILES string of the molecule is CN1CCN(C(=O)CCc2c(-c3ccccc3)nc3ccccn23)CC1. The van der Waals surface area contributed by atoms with Gasteiger partial charge in [-0.05, 0) is 25.6 Å². The fourth-order valence-electron chi connectivity index (χ4n) is 3.55. The number of amides is 1. The van der Waals surface area contributed by atoms with E-state index in [9.17, 15) is 4.79 Å². The smallest absolute Gasteiger partial charge is 0.223 e. The third-order valence-electron chi connectivity index (χ3n) is 5.11. The maximum Gasteiger partial charge on any atom is 0.223 e. The summed E-state index contributed by atoms with van der Waals surface area (Å²) in [5.41, 5.74) is 4.10. The fourth-order valence-corrected chi connectivity index (χ4v) is 3.55. The van der Waals surface area contributed by atoms with Crippen molar-refractivity contribution in [3.05, 3.63) is 60.4 Å². The summed E-state index contributed by atoms with van der Waals surface area (Å²) in [5, 5.41) is 0. The quantitative estimate of drug-likeness (QED) is 0.728. The van der Waals surface area contributed by atoms with Crippen molar-refractivity contribution in [1.29, 1.82) is 0 Å². The third kappa shape index (κ3) is 3.35. The number of benzene rings is 1. The molecule has 1 aliphatic rings. The molecule has 0 radical (unpaired) electrons. The second-order valence-corrected chi connectivity index (χ2v) is 6.89. The van der Waals surface area contributed by atoms with Crippen LogP contribution >= 0.6 is 0 Å². The molecule has 0 atom stereocenters. The Morgan fingerprint density at radius 2 is 1.73 bits per heavy atom. The lowest BCUT2D eigenvalue weighted by Crippen LogP contribution is -2.47. The van der Waals surface area contributed by atoms with Gasteiger partial charge in [-0.2, -0.15) is 0 Å². The maximum absolute atomic E-state index is 12.7. The molecule has 134 valence electrons. The van der Waals surface area contributed by atoms with Crippen LogP contribution in [-0.2, 0) is 11.2 Å². The number of carbonyl (C=O) groups is 1. The summed E-state index contributed by atoms with van der Waals surface area (Å²) in [6.45, 7) is 3.56. The fraction of sp³-hybridized carbons (Fsp3) is 0.333. The van der Waals surface area contributed by atoms with Gasteiger partial charge in [0.2, 0.25) is 5.91 Å². The van der Waals surface area contributed by atoms with Crippen molar-refractivity contribution in [2.24, 2.45) is 0 Å². The van der Waals surface area contributed by atoms with E-state index in [4.69, 9.17) is 4.98 Å². The van der Waals surface area contributed by atoms with E-state index in [2.05, 4.69) is 28.5 Å². The van der Waals surface area contributed by atoms with Crippen LogP contribution in [0.25, 0.3) is 16.9 Å². The monoisotopic (exact) mass is 348 g/mol. The molecule has 3 aromatic rings. The van der Waals surface area contributed by atoms with Gasteiger partial charge in [0.05, 0.1) is 11.4 Å². The lowest BCUT2D eigenvalue weighted by Gasteiger charge is -2.32. The molecule has 2 aromatic heterocycles. The van der Waals surface area contributed by atoms with Gasteiger partial charge in [-0.1, -0.05) is 36.4 Å². The topological polar surface area (TPSA) is 40.8 Å². The summed E-state index contributed by atoms with van der Waals surface area (Å²) >= 11 is 0. The largest absolute Gasteiger partial charge is 0.340 e. The summed E-state index contributed by atoms with van der Waals surface area (Å²) in [4.78, 5) is 21.7. The molecular weight excluding hydrogens is 324 g/mol. The minimum Gasteiger partial charge on any atom is -0.340 e. The van der Waals surface area contributed by atoms with Gasteiger partial charge in [-0.25, -0.2) is 4.98 Å². The van der Waals surface area contributed by atoms with Crippen LogP contribution in [-0.4, -0.2) is 58.3 Å². The second kappa shape index (κ2) is 7.30. The molecule has 1 amide bonds. The number of aryl methyl sites for hydroxylation is 1. The lowest BCUT2D eigenvalue weighted by atomic mass is 10.1. The minimum absolute atomic E-state index is 0.239. The molecule has 0 spiro atoms. The molecule has 0 unspecified atom stereocenters. The lowest BCUT2D eigenvalue weighted by molar-refractivity contribution is -0.132. The zero-order valence-corrected chi connectivity index (χ0v) is 15.1. The summed E-state index contributed by atoms with van der Waals surface area (Å²) in [5.74, 6) is 0.239. The third-order valence-corrected chi connectivity index (χ3v) is 5.11. The van der Waals surface area contributed by atoms with E-state index in [1.54, 1.807) is 0 Å². The molecule has 1 fully saturated rings. The molecule has 0 bridgehead atoms. The first-order valence-corrected chi connectivity index (χ1v) is 9.20. The summed E-state index contributed by atoms with van der Waals surface area (Å²) in [6, 6.07) is 16.2. The predicted molar refractivity (Wildman–Crippen MR) is 103 cm³/mol. The highest BCUT2D eigenvalue weighted by molar-refractivity contribution is 5.77. The van der Waals surface area contributed by atoms with Gasteiger partial charge < -0.3 is 14.2 Å². The van der Waals surface area contributed by atoms with E-state index in [0.29, 0.717) is 12.8 Å². The Balaban J connectivity index is 1.58. The molecule has 4 rings (SSSR count). The van der Waals surface area contributed by atoms with Crippen molar-refractivity contribution in [2.75, 3.05) is 33.2 Å². The zero-order valence-electron chi connectivity index (χ0n) is 15.1. The standard InChI is InChI=1S/C21H24N4O/c1-23-13-15-24(16-14-23)20(26)11-10-18-21(17-7-3-2-4-8-17)22-19-9-5-6-12-25(18)19/h2-9,12H,10-11,13-16H2,1H3. The van der Waals surface area contributed by atoms with E-state index in [1.165, 1.54) is 0 Å². The molecule has 1 aromatic carbocycles. The average Bonchev–Trinajstić information content (AvgIpc) is 3.06. The number of hydrogen-bond donors (Lipinski definition) is 0. The summed E-state index contributed by atoms with van der Waals surface area (Å²) < 4.78 is 2.11. The van der Waals surface area contributed by atoms with Crippen molar-refractivity contribution in [1.82, 2.24) is 19.2 Å². The van der Waals surface area contributed by atoms with Gasteiger partial charge in [0.25, 0.3) is 0 Å². The number of aromatic nitrogens is 2. The Bertz CT molecular complexity index is 895. The van der Waals surface area contributed by atoms with Crippen molar-refractivity contribution in [3.63, 3.8) is 0 Å². The molecule has 5 nitrogen and oxygen atoms in total. The number of fused-ring (bicyclic) bond motifs is 1. The number of imidazole rings is 1. The molecular formula is C21H24N4O. The maximum atomic E-state index is 12.7. The number of likely N-dealkylation sites (N-methyl/N-ethyl adjacent to an activating group) is 1. The Morgan fingerprint density at radius 3 is 2.50 bits per heavy atom. The Hall–Kier alpha value is -2.66. The van der Waals surface area contributed by atoms with Crippen LogP contribution < -0.4 is 0 Å². The Labute approximate surface area is 153 Å². The number of rotatable bonds is 4.